The summed E-state index contributed by atoms with van der Waals surface area (Å²) in [5.41, 5.74) is 1.08. The van der Waals surface area contributed by atoms with Crippen molar-refractivity contribution >= 4 is 0 Å². The standard InChI is InChI=1S/C11H19N5/c1-15-6-11(13-14-15)8-16-5-4-9-2-3-10(7-16)12-9/h6,9-10,12H,2-5,7-8H2,1H3. The van der Waals surface area contributed by atoms with E-state index in [1.807, 2.05) is 13.2 Å². The van der Waals surface area contributed by atoms with Crippen molar-refractivity contribution in [1.82, 2.24) is 25.2 Å². The van der Waals surface area contributed by atoms with E-state index in [4.69, 9.17) is 0 Å². The predicted molar refractivity (Wildman–Crippen MR) is 60.8 cm³/mol. The van der Waals surface area contributed by atoms with Crippen molar-refractivity contribution in [2.75, 3.05) is 13.1 Å². The van der Waals surface area contributed by atoms with Gasteiger partial charge in [-0.1, -0.05) is 5.21 Å². The Hall–Kier alpha value is -0.940. The van der Waals surface area contributed by atoms with Crippen LogP contribution in [0.25, 0.3) is 0 Å². The van der Waals surface area contributed by atoms with E-state index < -0.39 is 0 Å². The maximum Gasteiger partial charge on any atom is 0.0967 e. The number of rotatable bonds is 2. The number of aromatic nitrogens is 3. The molecule has 2 fully saturated rings. The average Bonchev–Trinajstić information content (AvgIpc) is 2.77. The molecule has 0 amide bonds. The van der Waals surface area contributed by atoms with Crippen LogP contribution in [0.15, 0.2) is 6.20 Å². The number of fused-ring (bicyclic) bond motifs is 2. The summed E-state index contributed by atoms with van der Waals surface area (Å²) in [6.45, 7) is 3.29. The van der Waals surface area contributed by atoms with Gasteiger partial charge in [0, 0.05) is 45.0 Å². The zero-order valence-electron chi connectivity index (χ0n) is 9.76. The van der Waals surface area contributed by atoms with E-state index in [9.17, 15) is 0 Å². The van der Waals surface area contributed by atoms with E-state index in [-0.39, 0.29) is 0 Å². The van der Waals surface area contributed by atoms with Crippen molar-refractivity contribution in [2.45, 2.75) is 37.9 Å². The van der Waals surface area contributed by atoms with Crippen LogP contribution in [0.5, 0.6) is 0 Å². The Bertz CT molecular complexity index is 361. The Labute approximate surface area is 95.8 Å². The molecule has 0 radical (unpaired) electrons. The van der Waals surface area contributed by atoms with Crippen LogP contribution in [0.1, 0.15) is 25.0 Å². The summed E-state index contributed by atoms with van der Waals surface area (Å²) in [6.07, 6.45) is 5.98. The molecule has 2 aliphatic rings. The van der Waals surface area contributed by atoms with Crippen molar-refractivity contribution in [3.8, 4) is 0 Å². The zero-order chi connectivity index (χ0) is 11.0. The van der Waals surface area contributed by atoms with Gasteiger partial charge in [0.15, 0.2) is 0 Å². The Kier molecular flexibility index (Phi) is 2.65. The first-order chi connectivity index (χ1) is 7.79. The quantitative estimate of drug-likeness (QED) is 0.772. The first-order valence-corrected chi connectivity index (χ1v) is 6.13. The van der Waals surface area contributed by atoms with Gasteiger partial charge in [0.1, 0.15) is 0 Å². The van der Waals surface area contributed by atoms with Crippen LogP contribution in [0.4, 0.5) is 0 Å². The molecule has 2 unspecified atom stereocenters. The lowest BCUT2D eigenvalue weighted by Crippen LogP contribution is -2.35. The largest absolute Gasteiger partial charge is 0.310 e. The summed E-state index contributed by atoms with van der Waals surface area (Å²) in [6, 6.07) is 1.46. The predicted octanol–water partition coefficient (Wildman–Crippen LogP) is 0.141. The smallest absolute Gasteiger partial charge is 0.0967 e. The minimum atomic E-state index is 0.698. The highest BCUT2D eigenvalue weighted by Crippen LogP contribution is 2.21. The fourth-order valence-corrected chi connectivity index (χ4v) is 2.86. The van der Waals surface area contributed by atoms with E-state index >= 15 is 0 Å². The Morgan fingerprint density at radius 3 is 3.06 bits per heavy atom. The zero-order valence-corrected chi connectivity index (χ0v) is 9.76. The Morgan fingerprint density at radius 2 is 2.25 bits per heavy atom. The third-order valence-corrected chi connectivity index (χ3v) is 3.64. The Balaban J connectivity index is 1.63. The number of aryl methyl sites for hydroxylation is 1. The lowest BCUT2D eigenvalue weighted by atomic mass is 10.1. The molecule has 0 aromatic carbocycles. The molecule has 16 heavy (non-hydrogen) atoms. The number of hydrogen-bond acceptors (Lipinski definition) is 4. The van der Waals surface area contributed by atoms with Crippen LogP contribution in [0.3, 0.4) is 0 Å². The lowest BCUT2D eigenvalue weighted by Gasteiger charge is -2.22. The van der Waals surface area contributed by atoms with Crippen LogP contribution in [-0.4, -0.2) is 45.1 Å². The molecule has 2 atom stereocenters. The molecule has 0 spiro atoms. The number of nitrogens with one attached hydrogen (secondary N) is 1. The Morgan fingerprint density at radius 1 is 1.38 bits per heavy atom. The molecular formula is C11H19N5. The highest BCUT2D eigenvalue weighted by molar-refractivity contribution is 4.95. The van der Waals surface area contributed by atoms with Gasteiger partial charge in [0.2, 0.25) is 0 Å². The molecule has 1 N–H and O–H groups in total. The molecule has 2 bridgehead atoms. The lowest BCUT2D eigenvalue weighted by molar-refractivity contribution is 0.248. The minimum absolute atomic E-state index is 0.698. The van der Waals surface area contributed by atoms with Crippen molar-refractivity contribution in [3.63, 3.8) is 0 Å². The SMILES string of the molecule is Cn1cc(CN2CCC3CCC(C2)N3)nn1. The minimum Gasteiger partial charge on any atom is -0.310 e. The van der Waals surface area contributed by atoms with Gasteiger partial charge in [-0.3, -0.25) is 9.58 Å². The summed E-state index contributed by atoms with van der Waals surface area (Å²) in [5.74, 6) is 0. The van der Waals surface area contributed by atoms with E-state index in [2.05, 4.69) is 20.5 Å². The fourth-order valence-electron chi connectivity index (χ4n) is 2.86. The second-order valence-electron chi connectivity index (χ2n) is 5.05. The first kappa shape index (κ1) is 10.2. The monoisotopic (exact) mass is 221 g/mol. The molecule has 0 aliphatic carbocycles. The van der Waals surface area contributed by atoms with Gasteiger partial charge in [0.05, 0.1) is 5.69 Å². The maximum atomic E-state index is 4.15. The molecule has 2 saturated heterocycles. The van der Waals surface area contributed by atoms with E-state index in [0.717, 1.165) is 24.8 Å². The first-order valence-electron chi connectivity index (χ1n) is 6.13. The van der Waals surface area contributed by atoms with Gasteiger partial charge >= 0.3 is 0 Å². The molecule has 88 valence electrons. The summed E-state index contributed by atoms with van der Waals surface area (Å²) < 4.78 is 1.78. The van der Waals surface area contributed by atoms with Crippen molar-refractivity contribution in [2.24, 2.45) is 7.05 Å². The van der Waals surface area contributed by atoms with E-state index in [1.165, 1.54) is 25.8 Å². The molecule has 2 aliphatic heterocycles. The second kappa shape index (κ2) is 4.14. The topological polar surface area (TPSA) is 46.0 Å². The van der Waals surface area contributed by atoms with Crippen LogP contribution in [-0.2, 0) is 13.6 Å². The fraction of sp³-hybridized carbons (Fsp3) is 0.818. The number of hydrogen-bond donors (Lipinski definition) is 1. The highest BCUT2D eigenvalue weighted by atomic mass is 15.4. The van der Waals surface area contributed by atoms with Gasteiger partial charge in [-0.15, -0.1) is 5.10 Å². The van der Waals surface area contributed by atoms with Crippen LogP contribution >= 0.6 is 0 Å². The average molecular weight is 221 g/mol. The number of likely N-dealkylation sites (tertiary alicyclic amines) is 1. The van der Waals surface area contributed by atoms with Gasteiger partial charge in [-0.25, -0.2) is 0 Å². The molecule has 3 heterocycles. The summed E-state index contributed by atoms with van der Waals surface area (Å²) in [4.78, 5) is 2.50. The molecule has 1 aromatic heterocycles. The van der Waals surface area contributed by atoms with Crippen LogP contribution in [0.2, 0.25) is 0 Å². The third-order valence-electron chi connectivity index (χ3n) is 3.64. The van der Waals surface area contributed by atoms with Crippen molar-refractivity contribution < 1.29 is 0 Å². The summed E-state index contributed by atoms with van der Waals surface area (Å²) >= 11 is 0. The highest BCUT2D eigenvalue weighted by Gasteiger charge is 2.29. The van der Waals surface area contributed by atoms with Gasteiger partial charge in [-0.2, -0.15) is 0 Å². The van der Waals surface area contributed by atoms with Gasteiger partial charge in [0.25, 0.3) is 0 Å². The molecule has 5 heteroatoms. The van der Waals surface area contributed by atoms with Crippen LogP contribution in [0, 0.1) is 0 Å². The van der Waals surface area contributed by atoms with Crippen LogP contribution < -0.4 is 5.32 Å². The van der Waals surface area contributed by atoms with E-state index in [1.54, 1.807) is 4.68 Å². The maximum absolute atomic E-state index is 4.15. The third kappa shape index (κ3) is 2.10. The summed E-state index contributed by atoms with van der Waals surface area (Å²) in [5, 5.41) is 11.8. The molecule has 1 aromatic rings. The molecule has 5 nitrogen and oxygen atoms in total. The number of nitrogens with zero attached hydrogens (tertiary/aromatic N) is 4. The van der Waals surface area contributed by atoms with Gasteiger partial charge < -0.3 is 5.32 Å². The van der Waals surface area contributed by atoms with Gasteiger partial charge in [-0.05, 0) is 19.3 Å². The summed E-state index contributed by atoms with van der Waals surface area (Å²) in [7, 11) is 1.92. The van der Waals surface area contributed by atoms with E-state index in [0.29, 0.717) is 6.04 Å². The van der Waals surface area contributed by atoms with Crippen molar-refractivity contribution in [3.05, 3.63) is 11.9 Å². The molecule has 0 saturated carbocycles. The normalized spacial score (nSPS) is 30.6. The molecule has 3 rings (SSSR count). The second-order valence-corrected chi connectivity index (χ2v) is 5.05. The van der Waals surface area contributed by atoms with Crippen molar-refractivity contribution in [1.29, 1.82) is 0 Å². The molecular weight excluding hydrogens is 202 g/mol.